The number of rotatable bonds is 12. The zero-order valence-electron chi connectivity index (χ0n) is 14.7. The molecule has 0 saturated heterocycles. The van der Waals surface area contributed by atoms with Crippen molar-refractivity contribution in [2.75, 3.05) is 11.5 Å². The van der Waals surface area contributed by atoms with E-state index in [-0.39, 0.29) is 24.3 Å². The number of carbonyl (C=O) groups is 5. The molecule has 4 atom stereocenters. The van der Waals surface area contributed by atoms with Crippen molar-refractivity contribution in [2.24, 2.45) is 11.5 Å². The second-order valence-electron chi connectivity index (χ2n) is 5.67. The van der Waals surface area contributed by atoms with Gasteiger partial charge in [0.2, 0.25) is 23.6 Å². The number of nitrogens with one attached hydrogen (secondary N) is 3. The summed E-state index contributed by atoms with van der Waals surface area (Å²) < 4.78 is 0. The third kappa shape index (κ3) is 9.49. The van der Waals surface area contributed by atoms with Crippen molar-refractivity contribution in [3.05, 3.63) is 0 Å². The topological polar surface area (TPSA) is 194 Å². The minimum atomic E-state index is -1.27. The average Bonchev–Trinajstić information content (AvgIpc) is 2.61. The predicted octanol–water partition coefficient (Wildman–Crippen LogP) is -3.00. The Morgan fingerprint density at radius 1 is 0.926 bits per heavy atom. The highest BCUT2D eigenvalue weighted by Gasteiger charge is 2.28. The van der Waals surface area contributed by atoms with E-state index in [4.69, 9.17) is 16.6 Å². The molecule has 0 fully saturated rings. The summed E-state index contributed by atoms with van der Waals surface area (Å²) in [6.07, 6.45) is -0.370. The van der Waals surface area contributed by atoms with Crippen molar-refractivity contribution in [2.45, 2.75) is 43.9 Å². The van der Waals surface area contributed by atoms with E-state index in [1.165, 1.54) is 6.92 Å². The minimum absolute atomic E-state index is 0.0590. The van der Waals surface area contributed by atoms with Crippen molar-refractivity contribution >= 4 is 54.9 Å². The maximum Gasteiger partial charge on any atom is 0.325 e. The van der Waals surface area contributed by atoms with Crippen LogP contribution in [0.5, 0.6) is 0 Å². The van der Waals surface area contributed by atoms with Crippen molar-refractivity contribution in [3.63, 3.8) is 0 Å². The van der Waals surface area contributed by atoms with Crippen LogP contribution in [0.1, 0.15) is 19.8 Å². The lowest BCUT2D eigenvalue weighted by molar-refractivity contribution is -0.142. The number of primary amides is 1. The second-order valence-corrected chi connectivity index (χ2v) is 6.40. The Hall–Kier alpha value is -1.99. The molecule has 13 heteroatoms. The second kappa shape index (κ2) is 12.4. The van der Waals surface area contributed by atoms with Crippen LogP contribution in [-0.2, 0) is 24.0 Å². The molecule has 11 nitrogen and oxygen atoms in total. The molecular weight excluding hydrogens is 398 g/mol. The normalized spacial score (nSPS) is 15.0. The van der Waals surface area contributed by atoms with Gasteiger partial charge in [-0.3, -0.25) is 24.0 Å². The largest absolute Gasteiger partial charge is 0.480 e. The maximum atomic E-state index is 12.4. The lowest BCUT2D eigenvalue weighted by Gasteiger charge is -2.23. The lowest BCUT2D eigenvalue weighted by Crippen LogP contribution is -2.57. The van der Waals surface area contributed by atoms with Crippen molar-refractivity contribution in [3.8, 4) is 0 Å². The van der Waals surface area contributed by atoms with E-state index >= 15 is 0 Å². The van der Waals surface area contributed by atoms with Gasteiger partial charge in [-0.2, -0.15) is 25.3 Å². The molecule has 0 radical (unpaired) electrons. The number of hydrogen-bond acceptors (Lipinski definition) is 8. The molecule has 0 aliphatic heterocycles. The smallest absolute Gasteiger partial charge is 0.325 e. The molecule has 4 unspecified atom stereocenters. The first-order valence-corrected chi connectivity index (χ1v) is 9.19. The average molecular weight is 424 g/mol. The molecule has 0 spiro atoms. The van der Waals surface area contributed by atoms with E-state index in [0.29, 0.717) is 0 Å². The lowest BCUT2D eigenvalue weighted by atomic mass is 10.1. The number of carboxylic acids is 1. The Bertz CT molecular complexity index is 576. The van der Waals surface area contributed by atoms with Crippen LogP contribution in [0.25, 0.3) is 0 Å². The molecule has 0 heterocycles. The number of hydrogen-bond donors (Lipinski definition) is 8. The summed E-state index contributed by atoms with van der Waals surface area (Å²) in [7, 11) is 0. The van der Waals surface area contributed by atoms with Gasteiger partial charge in [-0.25, -0.2) is 0 Å². The fourth-order valence-corrected chi connectivity index (χ4v) is 2.18. The summed E-state index contributed by atoms with van der Waals surface area (Å²) in [6, 6.07) is -4.48. The Kier molecular flexibility index (Phi) is 11.5. The SMILES string of the molecule is CC(NC(=O)C(CCC(N)=O)NC(=O)C(CS)NC(=O)C(N)CS)C(=O)O. The van der Waals surface area contributed by atoms with Crippen LogP contribution in [0.15, 0.2) is 0 Å². The van der Waals surface area contributed by atoms with Gasteiger partial charge in [0.05, 0.1) is 6.04 Å². The number of carboxylic acid groups (broad SMARTS) is 1. The summed E-state index contributed by atoms with van der Waals surface area (Å²) in [5.41, 5.74) is 10.6. The number of nitrogens with two attached hydrogens (primary N) is 2. The Balaban J connectivity index is 5.12. The van der Waals surface area contributed by atoms with E-state index in [1.54, 1.807) is 0 Å². The molecule has 4 amide bonds. The first-order chi connectivity index (χ1) is 12.5. The molecule has 27 heavy (non-hydrogen) atoms. The fourth-order valence-electron chi connectivity index (χ4n) is 1.76. The highest BCUT2D eigenvalue weighted by Crippen LogP contribution is 2.01. The van der Waals surface area contributed by atoms with Crippen molar-refractivity contribution in [1.29, 1.82) is 0 Å². The van der Waals surface area contributed by atoms with Crippen LogP contribution in [0.4, 0.5) is 0 Å². The summed E-state index contributed by atoms with van der Waals surface area (Å²) in [6.45, 7) is 1.24. The Morgan fingerprint density at radius 3 is 1.89 bits per heavy atom. The van der Waals surface area contributed by atoms with E-state index in [2.05, 4.69) is 41.2 Å². The summed E-state index contributed by atoms with van der Waals surface area (Å²) in [5, 5.41) is 15.8. The fraction of sp³-hybridized carbons (Fsp3) is 0.643. The van der Waals surface area contributed by atoms with Crippen LogP contribution < -0.4 is 27.4 Å². The van der Waals surface area contributed by atoms with E-state index < -0.39 is 53.8 Å². The molecule has 0 aromatic carbocycles. The monoisotopic (exact) mass is 423 g/mol. The summed E-state index contributed by atoms with van der Waals surface area (Å²) >= 11 is 7.87. The molecule has 0 aromatic rings. The number of carbonyl (C=O) groups excluding carboxylic acids is 4. The zero-order valence-corrected chi connectivity index (χ0v) is 16.5. The minimum Gasteiger partial charge on any atom is -0.480 e. The summed E-state index contributed by atoms with van der Waals surface area (Å²) in [5.74, 6) is -4.20. The van der Waals surface area contributed by atoms with Crippen LogP contribution in [0, 0.1) is 0 Å². The van der Waals surface area contributed by atoms with E-state index in [0.717, 1.165) is 0 Å². The van der Waals surface area contributed by atoms with Gasteiger partial charge in [0, 0.05) is 17.9 Å². The molecular formula is C14H25N5O6S2. The van der Waals surface area contributed by atoms with Gasteiger partial charge >= 0.3 is 5.97 Å². The number of amides is 4. The molecule has 8 N–H and O–H groups in total. The van der Waals surface area contributed by atoms with Gasteiger partial charge in [-0.15, -0.1) is 0 Å². The maximum absolute atomic E-state index is 12.4. The van der Waals surface area contributed by atoms with Crippen molar-refractivity contribution < 1.29 is 29.1 Å². The van der Waals surface area contributed by atoms with Gasteiger partial charge in [0.1, 0.15) is 18.1 Å². The third-order valence-electron chi connectivity index (χ3n) is 3.39. The van der Waals surface area contributed by atoms with Gasteiger partial charge in [-0.05, 0) is 13.3 Å². The number of thiol groups is 2. The van der Waals surface area contributed by atoms with E-state index in [9.17, 15) is 24.0 Å². The summed E-state index contributed by atoms with van der Waals surface area (Å²) in [4.78, 5) is 58.2. The standard InChI is InChI=1S/C14H25N5O6S2/c1-6(14(24)25)17-12(22)8(2-3-10(16)20)18-13(23)9(5-27)19-11(21)7(15)4-26/h6-9,26-27H,2-5,15H2,1H3,(H2,16,20)(H,17,22)(H,18,23)(H,19,21)(H,24,25). The van der Waals surface area contributed by atoms with Gasteiger partial charge in [0.25, 0.3) is 0 Å². The predicted molar refractivity (Wildman–Crippen MR) is 103 cm³/mol. The molecule has 0 aromatic heterocycles. The van der Waals surface area contributed by atoms with Crippen LogP contribution in [0.3, 0.4) is 0 Å². The van der Waals surface area contributed by atoms with Gasteiger partial charge in [-0.1, -0.05) is 0 Å². The highest BCUT2D eigenvalue weighted by atomic mass is 32.1. The van der Waals surface area contributed by atoms with E-state index in [1.807, 2.05) is 0 Å². The zero-order chi connectivity index (χ0) is 21.1. The van der Waals surface area contributed by atoms with Crippen LogP contribution in [0.2, 0.25) is 0 Å². The van der Waals surface area contributed by atoms with Gasteiger partial charge < -0.3 is 32.5 Å². The molecule has 0 aliphatic carbocycles. The first-order valence-electron chi connectivity index (χ1n) is 7.93. The highest BCUT2D eigenvalue weighted by molar-refractivity contribution is 7.80. The number of aliphatic carboxylic acids is 1. The van der Waals surface area contributed by atoms with Gasteiger partial charge in [0.15, 0.2) is 0 Å². The Morgan fingerprint density at radius 2 is 1.44 bits per heavy atom. The third-order valence-corrected chi connectivity index (χ3v) is 4.15. The van der Waals surface area contributed by atoms with Crippen LogP contribution in [-0.4, -0.2) is 70.4 Å². The molecule has 154 valence electrons. The van der Waals surface area contributed by atoms with Crippen LogP contribution >= 0.6 is 25.3 Å². The Labute approximate surface area is 167 Å². The first kappa shape index (κ1) is 25.0. The van der Waals surface area contributed by atoms with Crippen molar-refractivity contribution in [1.82, 2.24) is 16.0 Å². The molecule has 0 saturated carbocycles. The quantitative estimate of drug-likeness (QED) is 0.153. The molecule has 0 bridgehead atoms. The molecule has 0 aliphatic rings. The molecule has 0 rings (SSSR count).